The van der Waals surface area contributed by atoms with E-state index in [-0.39, 0.29) is 11.9 Å². The first kappa shape index (κ1) is 14.0. The Labute approximate surface area is 116 Å². The summed E-state index contributed by atoms with van der Waals surface area (Å²) >= 11 is 1.52. The van der Waals surface area contributed by atoms with Crippen molar-refractivity contribution >= 4 is 11.8 Å². The molecule has 1 aromatic heterocycles. The summed E-state index contributed by atoms with van der Waals surface area (Å²) in [6.07, 6.45) is 3.22. The third-order valence-corrected chi connectivity index (χ3v) is 3.98. The normalized spacial score (nSPS) is 12.4. The summed E-state index contributed by atoms with van der Waals surface area (Å²) in [4.78, 5) is 9.10. The molecule has 2 rings (SSSR count). The van der Waals surface area contributed by atoms with Crippen LogP contribution in [0.25, 0.3) is 0 Å². The van der Waals surface area contributed by atoms with Gasteiger partial charge in [-0.1, -0.05) is 11.8 Å². The molecular weight excluding hydrogens is 261 g/mol. The highest BCUT2D eigenvalue weighted by atomic mass is 32.2. The number of aryl methyl sites for hydroxylation is 1. The number of hydrogen-bond donors (Lipinski definition) is 1. The summed E-state index contributed by atoms with van der Waals surface area (Å²) in [7, 11) is 1.86. The van der Waals surface area contributed by atoms with Crippen molar-refractivity contribution < 1.29 is 4.39 Å². The van der Waals surface area contributed by atoms with Crippen LogP contribution in [0.15, 0.2) is 40.6 Å². The van der Waals surface area contributed by atoms with E-state index < -0.39 is 0 Å². The fourth-order valence-corrected chi connectivity index (χ4v) is 2.75. The van der Waals surface area contributed by atoms with E-state index >= 15 is 0 Å². The van der Waals surface area contributed by atoms with E-state index in [1.165, 1.54) is 18.1 Å². The van der Waals surface area contributed by atoms with E-state index in [1.807, 2.05) is 26.1 Å². The third-order valence-electron chi connectivity index (χ3n) is 2.96. The van der Waals surface area contributed by atoms with Crippen molar-refractivity contribution in [2.45, 2.75) is 29.8 Å². The second-order valence-electron chi connectivity index (χ2n) is 4.30. The number of hydrogen-bond acceptors (Lipinski definition) is 4. The predicted octanol–water partition coefficient (Wildman–Crippen LogP) is 3.36. The summed E-state index contributed by atoms with van der Waals surface area (Å²) in [5.74, 6) is -0.177. The summed E-state index contributed by atoms with van der Waals surface area (Å²) < 4.78 is 13.7. The SMILES string of the molecule is CNC(C)c1cc(F)c(C)cc1Sc1ccncn1. The molecule has 100 valence electrons. The first-order valence-electron chi connectivity index (χ1n) is 6.03. The molecule has 0 amide bonds. The minimum Gasteiger partial charge on any atom is -0.313 e. The van der Waals surface area contributed by atoms with E-state index in [2.05, 4.69) is 15.3 Å². The lowest BCUT2D eigenvalue weighted by Gasteiger charge is -2.16. The monoisotopic (exact) mass is 277 g/mol. The maximum absolute atomic E-state index is 13.7. The molecule has 1 heterocycles. The molecule has 3 nitrogen and oxygen atoms in total. The van der Waals surface area contributed by atoms with Gasteiger partial charge < -0.3 is 5.32 Å². The molecule has 5 heteroatoms. The van der Waals surface area contributed by atoms with Crippen LogP contribution in [0.3, 0.4) is 0 Å². The van der Waals surface area contributed by atoms with Crippen molar-refractivity contribution in [2.75, 3.05) is 7.05 Å². The summed E-state index contributed by atoms with van der Waals surface area (Å²) in [5.41, 5.74) is 1.58. The molecule has 0 aliphatic rings. The molecule has 1 unspecified atom stereocenters. The van der Waals surface area contributed by atoms with Gasteiger partial charge in [0.05, 0.1) is 0 Å². The molecule has 2 aromatic rings. The van der Waals surface area contributed by atoms with Gasteiger partial charge in [-0.05, 0) is 50.2 Å². The fraction of sp³-hybridized carbons (Fsp3) is 0.286. The van der Waals surface area contributed by atoms with Crippen LogP contribution in [0.4, 0.5) is 4.39 Å². The minimum absolute atomic E-state index is 0.0828. The lowest BCUT2D eigenvalue weighted by molar-refractivity contribution is 0.594. The van der Waals surface area contributed by atoms with Crippen molar-refractivity contribution in [3.8, 4) is 0 Å². The highest BCUT2D eigenvalue weighted by Crippen LogP contribution is 2.33. The number of nitrogens with one attached hydrogen (secondary N) is 1. The Balaban J connectivity index is 2.40. The second kappa shape index (κ2) is 6.12. The standard InChI is InChI=1S/C14H16FN3S/c1-9-6-13(19-14-4-5-17-8-18-14)11(7-12(9)15)10(2)16-3/h4-8,10,16H,1-3H3. The summed E-state index contributed by atoms with van der Waals surface area (Å²) in [6, 6.07) is 5.39. The van der Waals surface area contributed by atoms with Crippen LogP contribution in [0, 0.1) is 12.7 Å². The first-order valence-corrected chi connectivity index (χ1v) is 6.84. The zero-order valence-electron chi connectivity index (χ0n) is 11.1. The maximum Gasteiger partial charge on any atom is 0.126 e. The molecule has 0 aliphatic heterocycles. The molecule has 0 saturated heterocycles. The molecular formula is C14H16FN3S. The molecule has 0 fully saturated rings. The molecule has 1 atom stereocenters. The first-order chi connectivity index (χ1) is 9.11. The predicted molar refractivity (Wildman–Crippen MR) is 74.8 cm³/mol. The van der Waals surface area contributed by atoms with Crippen LogP contribution in [-0.2, 0) is 0 Å². The zero-order valence-corrected chi connectivity index (χ0v) is 12.0. The highest BCUT2D eigenvalue weighted by Gasteiger charge is 2.13. The van der Waals surface area contributed by atoms with Gasteiger partial charge in [0.2, 0.25) is 0 Å². The molecule has 0 spiro atoms. The minimum atomic E-state index is -0.177. The Bertz CT molecular complexity index is 560. The van der Waals surface area contributed by atoms with Gasteiger partial charge in [-0.25, -0.2) is 14.4 Å². The summed E-state index contributed by atoms with van der Waals surface area (Å²) in [6.45, 7) is 3.78. The molecule has 0 aliphatic carbocycles. The van der Waals surface area contributed by atoms with Crippen molar-refractivity contribution in [1.29, 1.82) is 0 Å². The van der Waals surface area contributed by atoms with E-state index in [0.717, 1.165) is 15.5 Å². The van der Waals surface area contributed by atoms with Gasteiger partial charge in [-0.3, -0.25) is 0 Å². The van der Waals surface area contributed by atoms with E-state index in [9.17, 15) is 4.39 Å². The maximum atomic E-state index is 13.7. The largest absolute Gasteiger partial charge is 0.313 e. The lowest BCUT2D eigenvalue weighted by atomic mass is 10.1. The Morgan fingerprint density at radius 2 is 2.16 bits per heavy atom. The van der Waals surface area contributed by atoms with Gasteiger partial charge in [0.15, 0.2) is 0 Å². The van der Waals surface area contributed by atoms with Gasteiger partial charge in [-0.2, -0.15) is 0 Å². The van der Waals surface area contributed by atoms with E-state index in [0.29, 0.717) is 5.56 Å². The third kappa shape index (κ3) is 3.30. The van der Waals surface area contributed by atoms with Gasteiger partial charge in [0.25, 0.3) is 0 Å². The van der Waals surface area contributed by atoms with E-state index in [1.54, 1.807) is 19.2 Å². The Hall–Kier alpha value is -1.46. The number of halogens is 1. The fourth-order valence-electron chi connectivity index (χ4n) is 1.70. The second-order valence-corrected chi connectivity index (χ2v) is 5.36. The van der Waals surface area contributed by atoms with E-state index in [4.69, 9.17) is 0 Å². The lowest BCUT2D eigenvalue weighted by Crippen LogP contribution is -2.13. The summed E-state index contributed by atoms with van der Waals surface area (Å²) in [5, 5.41) is 3.99. The molecule has 0 bridgehead atoms. The Morgan fingerprint density at radius 3 is 2.79 bits per heavy atom. The highest BCUT2D eigenvalue weighted by molar-refractivity contribution is 7.99. The smallest absolute Gasteiger partial charge is 0.126 e. The number of benzene rings is 1. The van der Waals surface area contributed by atoms with Gasteiger partial charge in [-0.15, -0.1) is 0 Å². The van der Waals surface area contributed by atoms with Crippen molar-refractivity contribution in [3.05, 3.63) is 47.7 Å². The topological polar surface area (TPSA) is 37.8 Å². The van der Waals surface area contributed by atoms with Crippen LogP contribution in [0.5, 0.6) is 0 Å². The van der Waals surface area contributed by atoms with Crippen LogP contribution in [0.2, 0.25) is 0 Å². The zero-order chi connectivity index (χ0) is 13.8. The van der Waals surface area contributed by atoms with Crippen molar-refractivity contribution in [1.82, 2.24) is 15.3 Å². The number of aromatic nitrogens is 2. The Morgan fingerprint density at radius 1 is 1.37 bits per heavy atom. The molecule has 19 heavy (non-hydrogen) atoms. The van der Waals surface area contributed by atoms with Crippen LogP contribution >= 0.6 is 11.8 Å². The average molecular weight is 277 g/mol. The molecule has 1 N–H and O–H groups in total. The Kier molecular flexibility index (Phi) is 4.50. The average Bonchev–Trinajstić information content (AvgIpc) is 2.43. The van der Waals surface area contributed by atoms with Crippen molar-refractivity contribution in [2.24, 2.45) is 0 Å². The van der Waals surface area contributed by atoms with Crippen LogP contribution < -0.4 is 5.32 Å². The molecule has 0 radical (unpaired) electrons. The van der Waals surface area contributed by atoms with Gasteiger partial charge in [0, 0.05) is 17.1 Å². The van der Waals surface area contributed by atoms with Crippen LogP contribution in [0.1, 0.15) is 24.1 Å². The number of rotatable bonds is 4. The van der Waals surface area contributed by atoms with Crippen molar-refractivity contribution in [3.63, 3.8) is 0 Å². The number of nitrogens with zero attached hydrogens (tertiary/aromatic N) is 2. The quantitative estimate of drug-likeness (QED) is 0.870. The van der Waals surface area contributed by atoms with Crippen LogP contribution in [-0.4, -0.2) is 17.0 Å². The molecule has 0 saturated carbocycles. The molecule has 1 aromatic carbocycles. The van der Waals surface area contributed by atoms with Gasteiger partial charge >= 0.3 is 0 Å². The van der Waals surface area contributed by atoms with Gasteiger partial charge in [0.1, 0.15) is 17.2 Å².